The Kier molecular flexibility index (Phi) is 10.2. The summed E-state index contributed by atoms with van der Waals surface area (Å²) >= 11 is 3.44. The van der Waals surface area contributed by atoms with E-state index in [-0.39, 0.29) is 0 Å². The summed E-state index contributed by atoms with van der Waals surface area (Å²) in [6, 6.07) is 23.1. The van der Waals surface area contributed by atoms with Crippen LogP contribution in [0.2, 0.25) is 0 Å². The number of rotatable bonds is 8. The largest absolute Gasteiger partial charge is 0.493 e. The molecule has 0 radical (unpaired) electrons. The number of fused-ring (bicyclic) bond motifs is 6. The first kappa shape index (κ1) is 36.6. The summed E-state index contributed by atoms with van der Waals surface area (Å²) in [5.74, 6) is 2.50. The van der Waals surface area contributed by atoms with Crippen LogP contribution in [0.15, 0.2) is 77.5 Å². The molecule has 13 nitrogen and oxygen atoms in total. The number of nitriles is 2. The molecule has 1 N–H and O–H groups in total. The lowest BCUT2D eigenvalue weighted by Crippen LogP contribution is -1.94. The molecule has 4 aromatic heterocycles. The van der Waals surface area contributed by atoms with Crippen LogP contribution in [0.25, 0.3) is 66.1 Å². The molecular weight excluding hydrogens is 764 g/mol. The van der Waals surface area contributed by atoms with E-state index in [2.05, 4.69) is 48.2 Å². The standard InChI is InChI=1S/C22H20N4O3.C19H13BrN4O2/c1-26-18-11-24-17-9-20(29-4)19(28-3)8-16(17)21(18)22(25-26)13-5-6-14(10-23)15(7-13)12-27-2;1-25-16-6-12-14(7-17(16)26-2)22-9-15-18(12)19(24-23-15)10-3-4-11(8-21)13(20)5-10/h5-9,11H,12H2,1-4H3;3-7,9H,1-2H3,(H,23,24). The van der Waals surface area contributed by atoms with Gasteiger partial charge in [0.15, 0.2) is 23.0 Å². The third-order valence-corrected chi connectivity index (χ3v) is 9.90. The molecular formula is C41H33BrN8O5. The smallest absolute Gasteiger partial charge is 0.162 e. The lowest BCUT2D eigenvalue weighted by molar-refractivity contribution is 0.184. The van der Waals surface area contributed by atoms with Crippen LogP contribution in [0.4, 0.5) is 0 Å². The van der Waals surface area contributed by atoms with Crippen LogP contribution >= 0.6 is 15.9 Å². The zero-order valence-electron chi connectivity index (χ0n) is 30.7. The SMILES string of the molecule is COCc1cc(-c2nn(C)c3cnc4cc(OC)c(OC)cc4c23)ccc1C#N.COc1cc2ncc3[nH]nc(-c4ccc(C#N)c(Br)c4)c3c2cc1OC. The van der Waals surface area contributed by atoms with E-state index in [1.165, 1.54) is 0 Å². The number of H-pyrrole nitrogens is 1. The summed E-state index contributed by atoms with van der Waals surface area (Å²) in [6.07, 6.45) is 3.55. The lowest BCUT2D eigenvalue weighted by Gasteiger charge is -2.10. The number of aromatic nitrogens is 6. The molecule has 0 aliphatic heterocycles. The number of methoxy groups -OCH3 is 5. The second-order valence-electron chi connectivity index (χ2n) is 12.3. The molecule has 0 aliphatic carbocycles. The van der Waals surface area contributed by atoms with Crippen molar-refractivity contribution in [1.29, 1.82) is 10.5 Å². The van der Waals surface area contributed by atoms with Gasteiger partial charge in [-0.05, 0) is 57.9 Å². The van der Waals surface area contributed by atoms with Gasteiger partial charge in [0.1, 0.15) is 17.5 Å². The third kappa shape index (κ3) is 6.58. The first-order chi connectivity index (χ1) is 26.8. The number of halogens is 1. The van der Waals surface area contributed by atoms with Crippen LogP contribution in [0, 0.1) is 22.7 Å². The van der Waals surface area contributed by atoms with Crippen molar-refractivity contribution in [1.82, 2.24) is 29.9 Å². The topological polar surface area (TPSA) is 166 Å². The van der Waals surface area contributed by atoms with Gasteiger partial charge in [-0.15, -0.1) is 0 Å². The highest BCUT2D eigenvalue weighted by Crippen LogP contribution is 2.40. The first-order valence-corrected chi connectivity index (χ1v) is 17.5. The molecule has 4 aromatic carbocycles. The van der Waals surface area contributed by atoms with Crippen molar-refractivity contribution in [3.8, 4) is 57.7 Å². The van der Waals surface area contributed by atoms with Crippen molar-refractivity contribution in [2.24, 2.45) is 7.05 Å². The molecule has 0 spiro atoms. The van der Waals surface area contributed by atoms with Gasteiger partial charge < -0.3 is 23.7 Å². The molecule has 0 bridgehead atoms. The molecule has 14 heteroatoms. The lowest BCUT2D eigenvalue weighted by atomic mass is 10.00. The number of nitrogens with zero attached hydrogens (tertiary/aromatic N) is 7. The van der Waals surface area contributed by atoms with Crippen LogP contribution in [-0.2, 0) is 18.4 Å². The highest BCUT2D eigenvalue weighted by molar-refractivity contribution is 9.10. The van der Waals surface area contributed by atoms with Gasteiger partial charge in [0.05, 0.1) is 86.7 Å². The second kappa shape index (κ2) is 15.3. The van der Waals surface area contributed by atoms with Gasteiger partial charge >= 0.3 is 0 Å². The summed E-state index contributed by atoms with van der Waals surface area (Å²) in [4.78, 5) is 9.06. The quantitative estimate of drug-likeness (QED) is 0.157. The molecule has 0 amide bonds. The number of aromatic amines is 1. The van der Waals surface area contributed by atoms with E-state index in [0.29, 0.717) is 40.7 Å². The van der Waals surface area contributed by atoms with Crippen LogP contribution in [0.1, 0.15) is 16.7 Å². The van der Waals surface area contributed by atoms with Crippen molar-refractivity contribution in [3.63, 3.8) is 0 Å². The Balaban J connectivity index is 0.000000170. The number of pyridine rings is 2. The minimum atomic E-state index is 0.356. The average Bonchev–Trinajstić information content (AvgIpc) is 3.81. The number of hydrogen-bond acceptors (Lipinski definition) is 11. The predicted molar refractivity (Wildman–Crippen MR) is 212 cm³/mol. The minimum Gasteiger partial charge on any atom is -0.493 e. The van der Waals surface area contributed by atoms with Crippen LogP contribution < -0.4 is 18.9 Å². The molecule has 0 fully saturated rings. The van der Waals surface area contributed by atoms with E-state index < -0.39 is 0 Å². The van der Waals surface area contributed by atoms with E-state index in [1.54, 1.807) is 60.1 Å². The highest BCUT2D eigenvalue weighted by Gasteiger charge is 2.19. The normalized spacial score (nSPS) is 10.9. The molecule has 274 valence electrons. The zero-order valence-corrected chi connectivity index (χ0v) is 32.3. The molecule has 0 unspecified atom stereocenters. The maximum absolute atomic E-state index is 9.37. The Morgan fingerprint density at radius 1 is 0.691 bits per heavy atom. The first-order valence-electron chi connectivity index (χ1n) is 16.8. The van der Waals surface area contributed by atoms with Gasteiger partial charge in [-0.2, -0.15) is 20.7 Å². The van der Waals surface area contributed by atoms with Crippen molar-refractivity contribution in [2.75, 3.05) is 35.5 Å². The van der Waals surface area contributed by atoms with Crippen molar-refractivity contribution in [2.45, 2.75) is 6.61 Å². The fourth-order valence-electron chi connectivity index (χ4n) is 6.58. The predicted octanol–water partition coefficient (Wildman–Crippen LogP) is 8.25. The fourth-order valence-corrected chi connectivity index (χ4v) is 7.04. The zero-order chi connectivity index (χ0) is 38.8. The third-order valence-electron chi connectivity index (χ3n) is 9.25. The van der Waals surface area contributed by atoms with Gasteiger partial charge in [-0.3, -0.25) is 19.7 Å². The molecule has 8 aromatic rings. The van der Waals surface area contributed by atoms with Crippen molar-refractivity contribution in [3.05, 3.63) is 94.2 Å². The Morgan fingerprint density at radius 3 is 1.84 bits per heavy atom. The van der Waals surface area contributed by atoms with Crippen LogP contribution in [0.3, 0.4) is 0 Å². The highest BCUT2D eigenvalue weighted by atomic mass is 79.9. The maximum Gasteiger partial charge on any atom is 0.162 e. The Labute approximate surface area is 323 Å². The summed E-state index contributed by atoms with van der Waals surface area (Å²) in [6.45, 7) is 0.356. The van der Waals surface area contributed by atoms with E-state index in [1.807, 2.05) is 60.3 Å². The van der Waals surface area contributed by atoms with Crippen LogP contribution in [0.5, 0.6) is 23.0 Å². The number of ether oxygens (including phenoxy) is 5. The number of aryl methyl sites for hydroxylation is 1. The summed E-state index contributed by atoms with van der Waals surface area (Å²) < 4.78 is 29.5. The Morgan fingerprint density at radius 2 is 1.25 bits per heavy atom. The molecule has 0 saturated heterocycles. The van der Waals surface area contributed by atoms with Gasteiger partial charge in [0, 0.05) is 63.4 Å². The van der Waals surface area contributed by atoms with Gasteiger partial charge in [-0.25, -0.2) is 0 Å². The average molecular weight is 798 g/mol. The van der Waals surface area contributed by atoms with Crippen molar-refractivity contribution < 1.29 is 23.7 Å². The Bertz CT molecular complexity index is 2850. The number of hydrogen-bond donors (Lipinski definition) is 1. The molecule has 0 saturated carbocycles. The van der Waals surface area contributed by atoms with Gasteiger partial charge in [-0.1, -0.05) is 12.1 Å². The maximum atomic E-state index is 9.37. The van der Waals surface area contributed by atoms with Crippen LogP contribution in [-0.4, -0.2) is 65.5 Å². The van der Waals surface area contributed by atoms with Gasteiger partial charge in [0.25, 0.3) is 0 Å². The molecule has 8 rings (SSSR count). The Hall–Kier alpha value is -6.74. The number of benzene rings is 4. The number of nitrogens with one attached hydrogen (secondary N) is 1. The molecule has 0 atom stereocenters. The summed E-state index contributed by atoms with van der Waals surface area (Å²) in [5.41, 5.74) is 8.67. The monoisotopic (exact) mass is 796 g/mol. The van der Waals surface area contributed by atoms with Crippen molar-refractivity contribution >= 4 is 59.5 Å². The van der Waals surface area contributed by atoms with E-state index in [4.69, 9.17) is 34.0 Å². The molecule has 0 aliphatic rings. The summed E-state index contributed by atoms with van der Waals surface area (Å²) in [5, 5.41) is 34.5. The van der Waals surface area contributed by atoms with Gasteiger partial charge in [0.2, 0.25) is 0 Å². The fraction of sp³-hybridized carbons (Fsp3) is 0.171. The molecule has 55 heavy (non-hydrogen) atoms. The second-order valence-corrected chi connectivity index (χ2v) is 13.1. The molecule has 4 heterocycles. The van der Waals surface area contributed by atoms with E-state index in [9.17, 15) is 5.26 Å². The minimum absolute atomic E-state index is 0.356. The van der Waals surface area contributed by atoms with E-state index >= 15 is 0 Å². The van der Waals surface area contributed by atoms with E-state index in [0.717, 1.165) is 76.2 Å². The summed E-state index contributed by atoms with van der Waals surface area (Å²) in [7, 11) is 9.92.